The first kappa shape index (κ1) is 16.9. The molecule has 0 unspecified atom stereocenters. The predicted molar refractivity (Wildman–Crippen MR) is 111 cm³/mol. The fourth-order valence-electron chi connectivity index (χ4n) is 4.45. The number of amides is 2. The van der Waals surface area contributed by atoms with Gasteiger partial charge in [0.1, 0.15) is 0 Å². The summed E-state index contributed by atoms with van der Waals surface area (Å²) in [5.74, 6) is 0. The molecule has 2 N–H and O–H groups in total. The maximum absolute atomic E-state index is 12.6. The summed E-state index contributed by atoms with van der Waals surface area (Å²) >= 11 is 0. The number of rotatable bonds is 2. The minimum absolute atomic E-state index is 0.0188. The number of benzene rings is 2. The number of nitrogens with one attached hydrogen (secondary N) is 2. The molecule has 2 aliphatic heterocycles. The van der Waals surface area contributed by atoms with Crippen LogP contribution >= 0.6 is 0 Å². The van der Waals surface area contributed by atoms with Crippen LogP contribution in [0.4, 0.5) is 10.5 Å². The number of nitrogens with zero attached hydrogens (tertiary/aromatic N) is 2. The van der Waals surface area contributed by atoms with Gasteiger partial charge < -0.3 is 20.1 Å². The minimum Gasteiger partial charge on any atom is -0.372 e. The molecule has 0 radical (unpaired) electrons. The van der Waals surface area contributed by atoms with E-state index < -0.39 is 0 Å². The van der Waals surface area contributed by atoms with Crippen molar-refractivity contribution in [1.29, 1.82) is 0 Å². The fraction of sp³-hybridized carbons (Fsp3) is 0.261. The van der Waals surface area contributed by atoms with Crippen LogP contribution in [0.15, 0.2) is 72.9 Å². The van der Waals surface area contributed by atoms with Gasteiger partial charge in [-0.15, -0.1) is 0 Å². The van der Waals surface area contributed by atoms with E-state index in [2.05, 4.69) is 57.8 Å². The predicted octanol–water partition coefficient (Wildman–Crippen LogP) is 4.10. The third-order valence-electron chi connectivity index (χ3n) is 5.97. The normalized spacial score (nSPS) is 16.8. The molecule has 3 heterocycles. The van der Waals surface area contributed by atoms with E-state index in [-0.39, 0.29) is 11.6 Å². The van der Waals surface area contributed by atoms with Crippen molar-refractivity contribution in [3.63, 3.8) is 0 Å². The Labute approximate surface area is 165 Å². The first-order valence-corrected chi connectivity index (χ1v) is 9.87. The Bertz CT molecular complexity index is 987. The molecule has 3 aromatic rings. The molecule has 0 saturated carbocycles. The number of hydrogen-bond acceptors (Lipinski definition) is 2. The fourth-order valence-corrected chi connectivity index (χ4v) is 4.45. The van der Waals surface area contributed by atoms with E-state index in [1.54, 1.807) is 0 Å². The van der Waals surface area contributed by atoms with Crippen molar-refractivity contribution in [1.82, 2.24) is 14.8 Å². The summed E-state index contributed by atoms with van der Waals surface area (Å²) in [6, 6.07) is 22.8. The van der Waals surface area contributed by atoms with Gasteiger partial charge in [-0.25, -0.2) is 4.79 Å². The lowest BCUT2D eigenvalue weighted by molar-refractivity contribution is 0.162. The lowest BCUT2D eigenvalue weighted by atomic mass is 9.82. The summed E-state index contributed by atoms with van der Waals surface area (Å²) < 4.78 is 2.29. The Balaban J connectivity index is 1.29. The van der Waals surface area contributed by atoms with Crippen molar-refractivity contribution < 1.29 is 4.79 Å². The Morgan fingerprint density at radius 1 is 0.964 bits per heavy atom. The van der Waals surface area contributed by atoms with Crippen LogP contribution in [-0.4, -0.2) is 28.6 Å². The van der Waals surface area contributed by atoms with Crippen LogP contribution in [-0.2, 0) is 12.1 Å². The topological polar surface area (TPSA) is 49.3 Å². The Kier molecular flexibility index (Phi) is 4.08. The van der Waals surface area contributed by atoms with Gasteiger partial charge in [0.15, 0.2) is 0 Å². The quantitative estimate of drug-likeness (QED) is 0.711. The van der Waals surface area contributed by atoms with E-state index in [1.165, 1.54) is 11.4 Å². The Hall–Kier alpha value is -3.21. The van der Waals surface area contributed by atoms with Gasteiger partial charge in [0.2, 0.25) is 0 Å². The number of likely N-dealkylation sites (tertiary alicyclic amines) is 1. The molecule has 5 heteroatoms. The number of para-hydroxylation sites is 2. The SMILES string of the molecule is O=C(NCc1ccccc1)N1CCC2(CC1)Nc1ccccc1-n1cccc12. The van der Waals surface area contributed by atoms with Crippen molar-refractivity contribution >= 4 is 11.7 Å². The van der Waals surface area contributed by atoms with E-state index in [1.807, 2.05) is 35.2 Å². The molecule has 2 amide bonds. The maximum Gasteiger partial charge on any atom is 0.317 e. The van der Waals surface area contributed by atoms with Crippen LogP contribution in [0.25, 0.3) is 5.69 Å². The van der Waals surface area contributed by atoms with Crippen molar-refractivity contribution in [3.05, 3.63) is 84.2 Å². The van der Waals surface area contributed by atoms with Gasteiger partial charge >= 0.3 is 6.03 Å². The summed E-state index contributed by atoms with van der Waals surface area (Å²) in [7, 11) is 0. The van der Waals surface area contributed by atoms with Crippen molar-refractivity contribution in [2.75, 3.05) is 18.4 Å². The molecule has 1 saturated heterocycles. The molecule has 2 aromatic carbocycles. The smallest absolute Gasteiger partial charge is 0.317 e. The van der Waals surface area contributed by atoms with Crippen LogP contribution in [0.1, 0.15) is 24.1 Å². The summed E-state index contributed by atoms with van der Waals surface area (Å²) in [6.45, 7) is 2.04. The van der Waals surface area contributed by atoms with Gasteiger partial charge in [-0.1, -0.05) is 42.5 Å². The summed E-state index contributed by atoms with van der Waals surface area (Å²) in [5, 5.41) is 6.84. The van der Waals surface area contributed by atoms with Gasteiger partial charge in [-0.2, -0.15) is 0 Å². The second-order valence-electron chi connectivity index (χ2n) is 7.62. The van der Waals surface area contributed by atoms with Crippen LogP contribution in [0.5, 0.6) is 0 Å². The monoisotopic (exact) mass is 372 g/mol. The number of carbonyl (C=O) groups excluding carboxylic acids is 1. The lowest BCUT2D eigenvalue weighted by Gasteiger charge is -2.46. The van der Waals surface area contributed by atoms with E-state index in [9.17, 15) is 4.79 Å². The molecule has 142 valence electrons. The Morgan fingerprint density at radius 3 is 2.54 bits per heavy atom. The van der Waals surface area contributed by atoms with E-state index in [0.717, 1.165) is 37.2 Å². The third-order valence-corrected chi connectivity index (χ3v) is 5.97. The molecular weight excluding hydrogens is 348 g/mol. The van der Waals surface area contributed by atoms with E-state index in [4.69, 9.17) is 0 Å². The summed E-state index contributed by atoms with van der Waals surface area (Å²) in [5.41, 5.74) is 4.64. The van der Waals surface area contributed by atoms with Crippen LogP contribution < -0.4 is 10.6 Å². The molecule has 5 nitrogen and oxygen atoms in total. The van der Waals surface area contributed by atoms with Gasteiger partial charge in [-0.05, 0) is 42.7 Å². The van der Waals surface area contributed by atoms with Gasteiger partial charge in [0, 0.05) is 31.5 Å². The van der Waals surface area contributed by atoms with Gasteiger partial charge in [0.05, 0.1) is 16.9 Å². The van der Waals surface area contributed by atoms with E-state index in [0.29, 0.717) is 6.54 Å². The second kappa shape index (κ2) is 6.75. The molecule has 28 heavy (non-hydrogen) atoms. The zero-order valence-corrected chi connectivity index (χ0v) is 15.8. The average Bonchev–Trinajstić information content (AvgIpc) is 3.25. The number of urea groups is 1. The highest BCUT2D eigenvalue weighted by Gasteiger charge is 2.42. The number of piperidine rings is 1. The zero-order chi connectivity index (χ0) is 19.0. The molecule has 1 fully saturated rings. The highest BCUT2D eigenvalue weighted by atomic mass is 16.2. The van der Waals surface area contributed by atoms with Gasteiger partial charge in [0.25, 0.3) is 0 Å². The first-order chi connectivity index (χ1) is 13.8. The highest BCUT2D eigenvalue weighted by molar-refractivity contribution is 5.74. The lowest BCUT2D eigenvalue weighted by Crippen LogP contribution is -2.52. The van der Waals surface area contributed by atoms with Crippen molar-refractivity contribution in [2.24, 2.45) is 0 Å². The number of fused-ring (bicyclic) bond motifs is 4. The molecule has 5 rings (SSSR count). The minimum atomic E-state index is -0.117. The third kappa shape index (κ3) is 2.83. The number of aromatic nitrogens is 1. The number of carbonyl (C=O) groups is 1. The molecular formula is C23H24N4O. The van der Waals surface area contributed by atoms with Crippen molar-refractivity contribution in [2.45, 2.75) is 24.9 Å². The first-order valence-electron chi connectivity index (χ1n) is 9.87. The average molecular weight is 372 g/mol. The summed E-state index contributed by atoms with van der Waals surface area (Å²) in [4.78, 5) is 14.6. The second-order valence-corrected chi connectivity index (χ2v) is 7.62. The largest absolute Gasteiger partial charge is 0.372 e. The molecule has 2 aliphatic rings. The molecule has 0 aliphatic carbocycles. The number of hydrogen-bond donors (Lipinski definition) is 2. The maximum atomic E-state index is 12.6. The van der Waals surface area contributed by atoms with Crippen molar-refractivity contribution in [3.8, 4) is 5.69 Å². The highest BCUT2D eigenvalue weighted by Crippen LogP contribution is 2.43. The van der Waals surface area contributed by atoms with Gasteiger partial charge in [-0.3, -0.25) is 0 Å². The molecule has 0 bridgehead atoms. The molecule has 0 atom stereocenters. The van der Waals surface area contributed by atoms with Crippen LogP contribution in [0, 0.1) is 0 Å². The van der Waals surface area contributed by atoms with E-state index >= 15 is 0 Å². The van der Waals surface area contributed by atoms with Crippen LogP contribution in [0.3, 0.4) is 0 Å². The van der Waals surface area contributed by atoms with Crippen LogP contribution in [0.2, 0.25) is 0 Å². The molecule has 1 spiro atoms. The zero-order valence-electron chi connectivity index (χ0n) is 15.8. The molecule has 1 aromatic heterocycles. The summed E-state index contributed by atoms with van der Waals surface area (Å²) in [6.07, 6.45) is 3.92. The standard InChI is InChI=1S/C23H24N4O/c28-22(24-17-18-7-2-1-3-8-18)26-15-12-23(13-16-26)21-11-6-14-27(21)20-10-5-4-9-19(20)25-23/h1-11,14,25H,12-13,15-17H2,(H,24,28). The number of anilines is 1. The Morgan fingerprint density at radius 2 is 1.71 bits per heavy atom.